The molecule has 1 aromatic rings. The van der Waals surface area contributed by atoms with Gasteiger partial charge in [-0.3, -0.25) is 4.79 Å². The second-order valence-corrected chi connectivity index (χ2v) is 6.87. The fourth-order valence-corrected chi connectivity index (χ4v) is 4.35. The summed E-state index contributed by atoms with van der Waals surface area (Å²) in [7, 11) is 1.56. The number of halogens is 1. The van der Waals surface area contributed by atoms with Gasteiger partial charge in [0.2, 0.25) is 5.91 Å². The summed E-state index contributed by atoms with van der Waals surface area (Å²) in [4.78, 5) is 12.1. The van der Waals surface area contributed by atoms with Gasteiger partial charge in [0.1, 0.15) is 6.61 Å². The summed E-state index contributed by atoms with van der Waals surface area (Å²) in [5, 5.41) is 2.69. The first-order valence-corrected chi connectivity index (χ1v) is 8.82. The number of ether oxygens (including phenoxy) is 2. The molecule has 0 unspecified atom stereocenters. The minimum Gasteiger partial charge on any atom is -0.488 e. The van der Waals surface area contributed by atoms with Gasteiger partial charge in [-0.25, -0.2) is 4.39 Å². The summed E-state index contributed by atoms with van der Waals surface area (Å²) in [5.74, 6) is 2.46. The second-order valence-electron chi connectivity index (χ2n) is 4.41. The zero-order valence-electron chi connectivity index (χ0n) is 11.8. The molecule has 2 rings (SSSR count). The van der Waals surface area contributed by atoms with E-state index >= 15 is 0 Å². The third-order valence-corrected chi connectivity index (χ3v) is 5.61. The lowest BCUT2D eigenvalue weighted by Crippen LogP contribution is -2.30. The van der Waals surface area contributed by atoms with Crippen molar-refractivity contribution in [3.8, 4) is 5.75 Å². The summed E-state index contributed by atoms with van der Waals surface area (Å²) in [6.07, 6.45) is 0. The van der Waals surface area contributed by atoms with Crippen molar-refractivity contribution in [2.24, 2.45) is 0 Å². The number of amides is 1. The van der Waals surface area contributed by atoms with Crippen LogP contribution in [0.3, 0.4) is 0 Å². The molecule has 0 aromatic heterocycles. The molecule has 1 saturated heterocycles. The molecule has 0 spiro atoms. The number of hydrogen-bond acceptors (Lipinski definition) is 5. The van der Waals surface area contributed by atoms with Gasteiger partial charge in [-0.2, -0.15) is 11.8 Å². The van der Waals surface area contributed by atoms with Gasteiger partial charge >= 0.3 is 0 Å². The van der Waals surface area contributed by atoms with E-state index in [1.165, 1.54) is 12.1 Å². The molecule has 7 heteroatoms. The third kappa shape index (κ3) is 5.09. The number of thioether (sulfide) groups is 2. The van der Waals surface area contributed by atoms with E-state index in [2.05, 4.69) is 5.32 Å². The Morgan fingerprint density at radius 1 is 1.43 bits per heavy atom. The molecule has 1 aliphatic heterocycles. The van der Waals surface area contributed by atoms with Crippen LogP contribution in [-0.2, 0) is 9.53 Å². The van der Waals surface area contributed by atoms with E-state index in [0.717, 1.165) is 17.3 Å². The normalized spacial score (nSPS) is 18.3. The SMILES string of the molecule is COCCOc1ccc(NC(=O)[C@H]2CSCCS2)cc1F. The highest BCUT2D eigenvalue weighted by Gasteiger charge is 2.22. The van der Waals surface area contributed by atoms with Crippen molar-refractivity contribution >= 4 is 35.1 Å². The molecule has 0 radical (unpaired) electrons. The van der Waals surface area contributed by atoms with Gasteiger partial charge in [0.05, 0.1) is 11.9 Å². The number of benzene rings is 1. The van der Waals surface area contributed by atoms with Crippen molar-refractivity contribution in [2.45, 2.75) is 5.25 Å². The van der Waals surface area contributed by atoms with Crippen LogP contribution in [0.15, 0.2) is 18.2 Å². The largest absolute Gasteiger partial charge is 0.488 e. The number of hydrogen-bond donors (Lipinski definition) is 1. The molecule has 0 bridgehead atoms. The van der Waals surface area contributed by atoms with Crippen molar-refractivity contribution in [3.63, 3.8) is 0 Å². The molecule has 21 heavy (non-hydrogen) atoms. The highest BCUT2D eigenvalue weighted by atomic mass is 32.2. The zero-order chi connectivity index (χ0) is 15.1. The molecule has 1 aliphatic rings. The fourth-order valence-electron chi connectivity index (χ4n) is 1.79. The lowest BCUT2D eigenvalue weighted by molar-refractivity contribution is -0.115. The molecule has 1 atom stereocenters. The molecule has 4 nitrogen and oxygen atoms in total. The Kier molecular flexibility index (Phi) is 6.66. The van der Waals surface area contributed by atoms with Crippen molar-refractivity contribution in [2.75, 3.05) is 42.9 Å². The standard InChI is InChI=1S/C14H18FNO3S2/c1-18-4-5-19-12-3-2-10(8-11(12)15)16-14(17)13-9-20-6-7-21-13/h2-3,8,13H,4-7,9H2,1H3,(H,16,17)/t13-/m1/s1. The van der Waals surface area contributed by atoms with Gasteiger partial charge in [-0.15, -0.1) is 11.8 Å². The Hall–Kier alpha value is -0.920. The number of nitrogens with one attached hydrogen (secondary N) is 1. The molecule has 1 aromatic carbocycles. The van der Waals surface area contributed by atoms with Gasteiger partial charge in [0, 0.05) is 36.1 Å². The summed E-state index contributed by atoms with van der Waals surface area (Å²) in [5.41, 5.74) is 0.452. The van der Waals surface area contributed by atoms with E-state index in [9.17, 15) is 9.18 Å². The molecular weight excluding hydrogens is 313 g/mol. The van der Waals surface area contributed by atoms with E-state index in [-0.39, 0.29) is 23.5 Å². The van der Waals surface area contributed by atoms with Crippen LogP contribution < -0.4 is 10.1 Å². The molecule has 116 valence electrons. The van der Waals surface area contributed by atoms with Crippen LogP contribution >= 0.6 is 23.5 Å². The van der Waals surface area contributed by atoms with Crippen LogP contribution in [0.4, 0.5) is 10.1 Å². The van der Waals surface area contributed by atoms with Crippen LogP contribution in [0.5, 0.6) is 5.75 Å². The van der Waals surface area contributed by atoms with Crippen LogP contribution in [0.2, 0.25) is 0 Å². The van der Waals surface area contributed by atoms with Crippen LogP contribution in [-0.4, -0.2) is 48.7 Å². The van der Waals surface area contributed by atoms with Crippen molar-refractivity contribution in [1.82, 2.24) is 0 Å². The van der Waals surface area contributed by atoms with Crippen LogP contribution in [0.25, 0.3) is 0 Å². The molecular formula is C14H18FNO3S2. The Bertz CT molecular complexity index is 481. The third-order valence-electron chi connectivity index (χ3n) is 2.85. The summed E-state index contributed by atoms with van der Waals surface area (Å²) >= 11 is 3.42. The predicted molar refractivity (Wildman–Crippen MR) is 86.0 cm³/mol. The number of carbonyl (C=O) groups is 1. The lowest BCUT2D eigenvalue weighted by atomic mass is 10.2. The van der Waals surface area contributed by atoms with E-state index < -0.39 is 5.82 Å². The average molecular weight is 331 g/mol. The first-order chi connectivity index (χ1) is 10.2. The minimum absolute atomic E-state index is 0.0653. The Morgan fingerprint density at radius 3 is 2.95 bits per heavy atom. The average Bonchev–Trinajstić information content (AvgIpc) is 2.50. The number of carbonyl (C=O) groups excluding carboxylic acids is 1. The topological polar surface area (TPSA) is 47.6 Å². The van der Waals surface area contributed by atoms with E-state index in [1.807, 2.05) is 0 Å². The highest BCUT2D eigenvalue weighted by molar-refractivity contribution is 8.07. The number of methoxy groups -OCH3 is 1. The van der Waals surface area contributed by atoms with Crippen LogP contribution in [0.1, 0.15) is 0 Å². The van der Waals surface area contributed by atoms with Gasteiger partial charge in [0.15, 0.2) is 11.6 Å². The summed E-state index contributed by atoms with van der Waals surface area (Å²) in [6, 6.07) is 4.44. The molecule has 1 heterocycles. The molecule has 0 saturated carbocycles. The van der Waals surface area contributed by atoms with Crippen molar-refractivity contribution in [1.29, 1.82) is 0 Å². The molecule has 1 fully saturated rings. The van der Waals surface area contributed by atoms with E-state index in [0.29, 0.717) is 12.3 Å². The Balaban J connectivity index is 1.91. The summed E-state index contributed by atoms with van der Waals surface area (Å²) < 4.78 is 23.9. The Labute approximate surface area is 132 Å². The fraction of sp³-hybridized carbons (Fsp3) is 0.500. The summed E-state index contributed by atoms with van der Waals surface area (Å²) in [6.45, 7) is 0.684. The molecule has 0 aliphatic carbocycles. The minimum atomic E-state index is -0.491. The quantitative estimate of drug-likeness (QED) is 0.812. The Morgan fingerprint density at radius 2 is 2.29 bits per heavy atom. The van der Waals surface area contributed by atoms with Crippen molar-refractivity contribution < 1.29 is 18.7 Å². The van der Waals surface area contributed by atoms with Gasteiger partial charge in [-0.1, -0.05) is 0 Å². The number of anilines is 1. The molecule has 1 amide bonds. The second kappa shape index (κ2) is 8.51. The zero-order valence-corrected chi connectivity index (χ0v) is 13.4. The molecule has 1 N–H and O–H groups in total. The maximum absolute atomic E-state index is 13.8. The maximum atomic E-state index is 13.8. The predicted octanol–water partition coefficient (Wildman–Crippen LogP) is 2.64. The van der Waals surface area contributed by atoms with Crippen LogP contribution in [0, 0.1) is 5.82 Å². The van der Waals surface area contributed by atoms with Gasteiger partial charge in [0.25, 0.3) is 0 Å². The smallest absolute Gasteiger partial charge is 0.238 e. The van der Waals surface area contributed by atoms with E-state index in [4.69, 9.17) is 9.47 Å². The first kappa shape index (κ1) is 16.5. The first-order valence-electron chi connectivity index (χ1n) is 6.62. The van der Waals surface area contributed by atoms with E-state index in [1.54, 1.807) is 36.7 Å². The number of rotatable bonds is 6. The highest BCUT2D eigenvalue weighted by Crippen LogP contribution is 2.26. The maximum Gasteiger partial charge on any atom is 0.238 e. The van der Waals surface area contributed by atoms with Gasteiger partial charge in [-0.05, 0) is 12.1 Å². The van der Waals surface area contributed by atoms with Crippen molar-refractivity contribution in [3.05, 3.63) is 24.0 Å². The lowest BCUT2D eigenvalue weighted by Gasteiger charge is -2.20. The van der Waals surface area contributed by atoms with Gasteiger partial charge < -0.3 is 14.8 Å². The monoisotopic (exact) mass is 331 g/mol.